The van der Waals surface area contributed by atoms with E-state index in [4.69, 9.17) is 24.3 Å². The first kappa shape index (κ1) is 78.5. The van der Waals surface area contributed by atoms with Crippen molar-refractivity contribution >= 4 is 19.8 Å². The van der Waals surface area contributed by atoms with E-state index in [0.717, 1.165) is 64.2 Å². The molecule has 10 heteroatoms. The number of hydrogen-bond donors (Lipinski definition) is 2. The van der Waals surface area contributed by atoms with Crippen LogP contribution in [0.5, 0.6) is 0 Å². The number of allylic oxidation sites excluding steroid dienone is 12. The highest BCUT2D eigenvalue weighted by Crippen LogP contribution is 2.43. The van der Waals surface area contributed by atoms with E-state index >= 15 is 0 Å². The van der Waals surface area contributed by atoms with Gasteiger partial charge in [-0.05, 0) is 83.5 Å². The van der Waals surface area contributed by atoms with E-state index in [1.165, 1.54) is 238 Å². The molecule has 0 saturated carbocycles. The van der Waals surface area contributed by atoms with E-state index in [1.54, 1.807) is 0 Å². The number of nitrogens with two attached hydrogens (primary N) is 1. The fourth-order valence-electron chi connectivity index (χ4n) is 10.0. The molecule has 0 fully saturated rings. The maximum absolute atomic E-state index is 12.8. The van der Waals surface area contributed by atoms with Gasteiger partial charge in [-0.2, -0.15) is 0 Å². The van der Waals surface area contributed by atoms with E-state index in [2.05, 4.69) is 86.8 Å². The topological polar surface area (TPSA) is 134 Å². The summed E-state index contributed by atoms with van der Waals surface area (Å²) < 4.78 is 33.2. The van der Waals surface area contributed by atoms with Crippen LogP contribution in [-0.2, 0) is 32.7 Å². The van der Waals surface area contributed by atoms with E-state index in [0.29, 0.717) is 6.42 Å². The highest BCUT2D eigenvalue weighted by atomic mass is 31.2. The lowest BCUT2D eigenvalue weighted by atomic mass is 10.0. The zero-order valence-corrected chi connectivity index (χ0v) is 53.9. The molecule has 9 nitrogen and oxygen atoms in total. The summed E-state index contributed by atoms with van der Waals surface area (Å²) in [6.07, 6.45) is 87.1. The van der Waals surface area contributed by atoms with Crippen molar-refractivity contribution in [3.05, 3.63) is 72.9 Å². The van der Waals surface area contributed by atoms with Crippen LogP contribution >= 0.6 is 7.82 Å². The Balaban J connectivity index is 3.85. The van der Waals surface area contributed by atoms with Crippen LogP contribution in [0.25, 0.3) is 0 Å². The Bertz CT molecular complexity index is 1560. The highest BCUT2D eigenvalue weighted by molar-refractivity contribution is 7.47. The van der Waals surface area contributed by atoms with Gasteiger partial charge in [-0.25, -0.2) is 4.57 Å². The Morgan fingerprint density at radius 1 is 0.383 bits per heavy atom. The van der Waals surface area contributed by atoms with Gasteiger partial charge in [0.15, 0.2) is 6.10 Å². The van der Waals surface area contributed by atoms with Crippen molar-refractivity contribution in [2.75, 3.05) is 26.4 Å². The second-order valence-electron chi connectivity index (χ2n) is 23.0. The van der Waals surface area contributed by atoms with Gasteiger partial charge in [-0.15, -0.1) is 0 Å². The third-order valence-corrected chi connectivity index (χ3v) is 16.1. The van der Waals surface area contributed by atoms with Crippen molar-refractivity contribution in [2.45, 2.75) is 341 Å². The quantitative estimate of drug-likeness (QED) is 0.0264. The van der Waals surface area contributed by atoms with Crippen LogP contribution in [0.2, 0.25) is 0 Å². The lowest BCUT2D eigenvalue weighted by Crippen LogP contribution is -2.29. The number of phosphoric acid groups is 1. The highest BCUT2D eigenvalue weighted by Gasteiger charge is 2.26. The Morgan fingerprint density at radius 2 is 0.679 bits per heavy atom. The SMILES string of the molecule is CC/C=C\C/C=C\C/C=C\C/C=C\CCCCCCCCCCCCCCCCCCCCC(=O)OC(COC(=O)CCCCCCCCCCCCCCCCCCC/C=C\C/C=C\CCCCCCC)COP(=O)(O)OCCN. The van der Waals surface area contributed by atoms with Gasteiger partial charge in [0.1, 0.15) is 6.61 Å². The van der Waals surface area contributed by atoms with Gasteiger partial charge in [-0.3, -0.25) is 18.6 Å². The molecule has 0 aromatic carbocycles. The van der Waals surface area contributed by atoms with Crippen LogP contribution in [0.1, 0.15) is 335 Å². The first-order valence-corrected chi connectivity index (χ1v) is 35.9. The monoisotopic (exact) mass is 1160 g/mol. The molecule has 2 atom stereocenters. The second kappa shape index (κ2) is 66.6. The van der Waals surface area contributed by atoms with Gasteiger partial charge < -0.3 is 20.1 Å². The molecule has 0 aliphatic heterocycles. The Hall–Kier alpha value is -2.55. The normalized spacial score (nSPS) is 13.4. The number of unbranched alkanes of at least 4 members (excludes halogenated alkanes) is 40. The predicted octanol–water partition coefficient (Wildman–Crippen LogP) is 22.4. The third kappa shape index (κ3) is 66.5. The number of ether oxygens (including phenoxy) is 2. The summed E-state index contributed by atoms with van der Waals surface area (Å²) in [7, 11) is -4.39. The number of phosphoric ester groups is 1. The number of esters is 2. The molecule has 0 aliphatic carbocycles. The molecule has 3 N–H and O–H groups in total. The third-order valence-electron chi connectivity index (χ3n) is 15.1. The lowest BCUT2D eigenvalue weighted by Gasteiger charge is -2.19. The van der Waals surface area contributed by atoms with E-state index in [-0.39, 0.29) is 38.6 Å². The first-order chi connectivity index (χ1) is 39.8. The molecule has 0 aliphatic rings. The van der Waals surface area contributed by atoms with Crippen molar-refractivity contribution in [3.63, 3.8) is 0 Å². The molecule has 472 valence electrons. The fraction of sp³-hybridized carbons (Fsp3) is 0.803. The van der Waals surface area contributed by atoms with Gasteiger partial charge in [0.25, 0.3) is 0 Å². The Kier molecular flexibility index (Phi) is 64.5. The summed E-state index contributed by atoms with van der Waals surface area (Å²) >= 11 is 0. The van der Waals surface area contributed by atoms with Crippen molar-refractivity contribution in [3.8, 4) is 0 Å². The predicted molar refractivity (Wildman–Crippen MR) is 349 cm³/mol. The van der Waals surface area contributed by atoms with Crippen LogP contribution in [0, 0.1) is 0 Å². The zero-order chi connectivity index (χ0) is 58.7. The van der Waals surface area contributed by atoms with E-state index in [1.807, 2.05) is 0 Å². The van der Waals surface area contributed by atoms with Crippen molar-refractivity contribution < 1.29 is 37.6 Å². The summed E-state index contributed by atoms with van der Waals surface area (Å²) in [6, 6.07) is 0. The number of carbonyl (C=O) groups is 2. The Labute approximate surface area is 501 Å². The average molecular weight is 1160 g/mol. The summed E-state index contributed by atoms with van der Waals surface area (Å²) in [6.45, 7) is 3.67. The standard InChI is InChI=1S/C71H130NO8P/c1-3-5-7-9-11-13-15-17-19-21-23-25-27-29-31-33-34-36-38-40-42-44-46-48-50-52-54-56-58-60-62-64-71(74)80-69(68-79-81(75,76)78-66-65-72)67-77-70(73)63-61-59-57-55-53-51-49-47-45-43-41-39-37-35-32-30-28-26-24-22-20-18-16-14-12-10-8-6-4-2/h5,7,11,13,16-19,22-25,69H,3-4,6,8-10,12,14-15,20-21,26-68,72H2,1-2H3,(H,75,76)/b7-5-,13-11-,18-16-,19-17-,24-22-,25-23-. The minimum absolute atomic E-state index is 0.0536. The molecule has 0 saturated heterocycles. The molecule has 0 spiro atoms. The zero-order valence-electron chi connectivity index (χ0n) is 53.0. The molecule has 2 unspecified atom stereocenters. The van der Waals surface area contributed by atoms with Gasteiger partial charge >= 0.3 is 19.8 Å². The smallest absolute Gasteiger partial charge is 0.462 e. The molecule has 0 radical (unpaired) electrons. The minimum atomic E-state index is -4.39. The molecular weight excluding hydrogens is 1030 g/mol. The van der Waals surface area contributed by atoms with Gasteiger partial charge in [0.05, 0.1) is 13.2 Å². The van der Waals surface area contributed by atoms with Crippen LogP contribution in [0.3, 0.4) is 0 Å². The van der Waals surface area contributed by atoms with Crippen LogP contribution in [0.4, 0.5) is 0 Å². The maximum atomic E-state index is 12.8. The van der Waals surface area contributed by atoms with Crippen LogP contribution in [0.15, 0.2) is 72.9 Å². The van der Waals surface area contributed by atoms with E-state index < -0.39 is 26.5 Å². The molecular formula is C71H130NO8P. The summed E-state index contributed by atoms with van der Waals surface area (Å²) in [4.78, 5) is 35.4. The molecule has 0 aromatic heterocycles. The van der Waals surface area contributed by atoms with Crippen molar-refractivity contribution in [1.29, 1.82) is 0 Å². The van der Waals surface area contributed by atoms with Crippen molar-refractivity contribution in [2.24, 2.45) is 5.73 Å². The minimum Gasteiger partial charge on any atom is -0.462 e. The number of rotatable bonds is 65. The average Bonchev–Trinajstić information content (AvgIpc) is 3.46. The molecule has 0 rings (SSSR count). The lowest BCUT2D eigenvalue weighted by molar-refractivity contribution is -0.161. The Morgan fingerprint density at radius 3 is 1.01 bits per heavy atom. The fourth-order valence-corrected chi connectivity index (χ4v) is 10.8. The second-order valence-corrected chi connectivity index (χ2v) is 24.5. The summed E-state index contributed by atoms with van der Waals surface area (Å²) in [5.74, 6) is -0.812. The summed E-state index contributed by atoms with van der Waals surface area (Å²) in [5, 5.41) is 0. The van der Waals surface area contributed by atoms with Gasteiger partial charge in [0, 0.05) is 19.4 Å². The maximum Gasteiger partial charge on any atom is 0.472 e. The number of carbonyl (C=O) groups excluding carboxylic acids is 2. The largest absolute Gasteiger partial charge is 0.472 e. The molecule has 0 heterocycles. The van der Waals surface area contributed by atoms with Gasteiger partial charge in [-0.1, -0.05) is 311 Å². The van der Waals surface area contributed by atoms with Gasteiger partial charge in [0.2, 0.25) is 0 Å². The first-order valence-electron chi connectivity index (χ1n) is 34.4. The molecule has 0 aromatic rings. The van der Waals surface area contributed by atoms with E-state index in [9.17, 15) is 19.0 Å². The molecule has 0 bridgehead atoms. The van der Waals surface area contributed by atoms with Crippen molar-refractivity contribution in [1.82, 2.24) is 0 Å². The summed E-state index contributed by atoms with van der Waals surface area (Å²) in [5.41, 5.74) is 5.40. The molecule has 0 amide bonds. The van der Waals surface area contributed by atoms with Crippen LogP contribution < -0.4 is 5.73 Å². The molecule has 81 heavy (non-hydrogen) atoms. The van der Waals surface area contributed by atoms with Crippen LogP contribution in [-0.4, -0.2) is 49.3 Å². The number of hydrogen-bond acceptors (Lipinski definition) is 8.